The van der Waals surface area contributed by atoms with Crippen LogP contribution >= 0.6 is 0 Å². The van der Waals surface area contributed by atoms with Gasteiger partial charge in [0.25, 0.3) is 5.91 Å². The van der Waals surface area contributed by atoms with E-state index in [1.54, 1.807) is 0 Å². The van der Waals surface area contributed by atoms with Gasteiger partial charge in [-0.15, -0.1) is 0 Å². The summed E-state index contributed by atoms with van der Waals surface area (Å²) in [4.78, 5) is 20.1. The molecule has 4 rings (SSSR count). The summed E-state index contributed by atoms with van der Waals surface area (Å²) in [5.74, 6) is 0.157. The number of piperazine rings is 1. The van der Waals surface area contributed by atoms with Crippen LogP contribution < -0.4 is 5.32 Å². The van der Waals surface area contributed by atoms with Crippen molar-refractivity contribution in [1.29, 1.82) is 0 Å². The van der Waals surface area contributed by atoms with Crippen molar-refractivity contribution < 1.29 is 4.79 Å². The Hall–Kier alpha value is -1.85. The average molecular weight is 284 g/mol. The van der Waals surface area contributed by atoms with Crippen molar-refractivity contribution >= 4 is 16.8 Å². The van der Waals surface area contributed by atoms with E-state index >= 15 is 0 Å². The number of likely N-dealkylation sites (tertiary alicyclic amines) is 1. The van der Waals surface area contributed by atoms with Gasteiger partial charge < -0.3 is 15.2 Å². The third-order valence-corrected chi connectivity index (χ3v) is 4.62. The second kappa shape index (κ2) is 5.16. The van der Waals surface area contributed by atoms with Gasteiger partial charge in [-0.1, -0.05) is 0 Å². The summed E-state index contributed by atoms with van der Waals surface area (Å²) in [6.45, 7) is 6.06. The van der Waals surface area contributed by atoms with Crippen molar-refractivity contribution in [3.8, 4) is 0 Å². The molecule has 2 N–H and O–H groups in total. The lowest BCUT2D eigenvalue weighted by Crippen LogP contribution is -2.63. The van der Waals surface area contributed by atoms with Crippen molar-refractivity contribution in [2.45, 2.75) is 6.04 Å². The highest BCUT2D eigenvalue weighted by molar-refractivity contribution is 5.98. The van der Waals surface area contributed by atoms with E-state index in [1.807, 2.05) is 35.4 Å². The molecule has 0 aliphatic carbocycles. The van der Waals surface area contributed by atoms with Crippen LogP contribution in [-0.2, 0) is 0 Å². The van der Waals surface area contributed by atoms with Crippen molar-refractivity contribution in [3.63, 3.8) is 0 Å². The van der Waals surface area contributed by atoms with E-state index in [9.17, 15) is 4.79 Å². The van der Waals surface area contributed by atoms with Gasteiger partial charge in [0.2, 0.25) is 0 Å². The summed E-state index contributed by atoms with van der Waals surface area (Å²) >= 11 is 0. The predicted molar refractivity (Wildman–Crippen MR) is 82.4 cm³/mol. The third-order valence-electron chi connectivity index (χ3n) is 4.62. The predicted octanol–water partition coefficient (Wildman–Crippen LogP) is 0.897. The standard InChI is InChI=1S/C16H20N4O/c21-16(13-1-2-15-12(9-13)3-4-18-15)20-10-14(11-20)19-7-5-17-6-8-19/h1-4,9,14,17-18H,5-8,10-11H2. The van der Waals surface area contributed by atoms with Gasteiger partial charge in [0.05, 0.1) is 0 Å². The molecule has 0 radical (unpaired) electrons. The lowest BCUT2D eigenvalue weighted by Gasteiger charge is -2.46. The third kappa shape index (κ3) is 2.32. The Kier molecular flexibility index (Phi) is 3.16. The van der Waals surface area contributed by atoms with Crippen LogP contribution in [0.2, 0.25) is 0 Å². The second-order valence-corrected chi connectivity index (χ2v) is 5.93. The van der Waals surface area contributed by atoms with Crippen LogP contribution in [-0.4, -0.2) is 66.0 Å². The highest BCUT2D eigenvalue weighted by Crippen LogP contribution is 2.21. The van der Waals surface area contributed by atoms with E-state index in [-0.39, 0.29) is 5.91 Å². The zero-order chi connectivity index (χ0) is 14.2. The van der Waals surface area contributed by atoms with Gasteiger partial charge in [-0.05, 0) is 24.3 Å². The van der Waals surface area contributed by atoms with Crippen molar-refractivity contribution in [1.82, 2.24) is 20.1 Å². The highest BCUT2D eigenvalue weighted by atomic mass is 16.2. The zero-order valence-electron chi connectivity index (χ0n) is 12.0. The number of H-pyrrole nitrogens is 1. The molecule has 2 aliphatic rings. The molecule has 5 heteroatoms. The number of carbonyl (C=O) groups is 1. The van der Waals surface area contributed by atoms with Crippen LogP contribution in [0.4, 0.5) is 0 Å². The lowest BCUT2D eigenvalue weighted by atomic mass is 10.0. The topological polar surface area (TPSA) is 51.4 Å². The Morgan fingerprint density at radius 1 is 1.14 bits per heavy atom. The van der Waals surface area contributed by atoms with Gasteiger partial charge in [0.1, 0.15) is 0 Å². The maximum absolute atomic E-state index is 12.5. The van der Waals surface area contributed by atoms with Gasteiger partial charge in [0, 0.05) is 68.0 Å². The SMILES string of the molecule is O=C(c1ccc2[nH]ccc2c1)N1CC(N2CCNCC2)C1. The lowest BCUT2D eigenvalue weighted by molar-refractivity contribution is 0.0227. The fourth-order valence-corrected chi connectivity index (χ4v) is 3.27. The Morgan fingerprint density at radius 2 is 1.95 bits per heavy atom. The highest BCUT2D eigenvalue weighted by Gasteiger charge is 2.35. The number of aromatic nitrogens is 1. The summed E-state index contributed by atoms with van der Waals surface area (Å²) in [6, 6.07) is 8.43. The van der Waals surface area contributed by atoms with Gasteiger partial charge in [0.15, 0.2) is 0 Å². The molecule has 2 aromatic rings. The number of rotatable bonds is 2. The van der Waals surface area contributed by atoms with Crippen LogP contribution in [0.3, 0.4) is 0 Å². The zero-order valence-corrected chi connectivity index (χ0v) is 12.0. The summed E-state index contributed by atoms with van der Waals surface area (Å²) < 4.78 is 0. The molecule has 2 aliphatic heterocycles. The first-order valence-electron chi connectivity index (χ1n) is 7.62. The number of benzene rings is 1. The molecule has 2 fully saturated rings. The molecule has 0 atom stereocenters. The normalized spacial score (nSPS) is 20.7. The molecular weight excluding hydrogens is 264 g/mol. The number of hydrogen-bond acceptors (Lipinski definition) is 3. The molecule has 2 saturated heterocycles. The number of carbonyl (C=O) groups excluding carboxylic acids is 1. The van der Waals surface area contributed by atoms with E-state index in [4.69, 9.17) is 0 Å². The van der Waals surface area contributed by atoms with Crippen LogP contribution in [0.1, 0.15) is 10.4 Å². The molecule has 0 bridgehead atoms. The van der Waals surface area contributed by atoms with Crippen LogP contribution in [0.5, 0.6) is 0 Å². The second-order valence-electron chi connectivity index (χ2n) is 5.93. The van der Waals surface area contributed by atoms with Crippen molar-refractivity contribution in [2.75, 3.05) is 39.3 Å². The minimum absolute atomic E-state index is 0.157. The maximum Gasteiger partial charge on any atom is 0.253 e. The van der Waals surface area contributed by atoms with Crippen LogP contribution in [0.25, 0.3) is 10.9 Å². The number of fused-ring (bicyclic) bond motifs is 1. The Balaban J connectivity index is 1.42. The smallest absolute Gasteiger partial charge is 0.253 e. The Labute approximate surface area is 123 Å². The van der Waals surface area contributed by atoms with Crippen molar-refractivity contribution in [3.05, 3.63) is 36.0 Å². The summed E-state index contributed by atoms with van der Waals surface area (Å²) in [5, 5.41) is 4.46. The Morgan fingerprint density at radius 3 is 2.76 bits per heavy atom. The summed E-state index contributed by atoms with van der Waals surface area (Å²) in [7, 11) is 0. The monoisotopic (exact) mass is 284 g/mol. The summed E-state index contributed by atoms with van der Waals surface area (Å²) in [5.41, 5.74) is 1.87. The van der Waals surface area contributed by atoms with E-state index in [0.29, 0.717) is 6.04 Å². The number of amides is 1. The molecule has 0 unspecified atom stereocenters. The molecule has 110 valence electrons. The fraction of sp³-hybridized carbons (Fsp3) is 0.438. The maximum atomic E-state index is 12.5. The van der Waals surface area contributed by atoms with Gasteiger partial charge in [-0.3, -0.25) is 9.69 Å². The average Bonchev–Trinajstić information content (AvgIpc) is 2.94. The fourth-order valence-electron chi connectivity index (χ4n) is 3.27. The van der Waals surface area contributed by atoms with Gasteiger partial charge in [-0.2, -0.15) is 0 Å². The molecular formula is C16H20N4O. The molecule has 0 saturated carbocycles. The van der Waals surface area contributed by atoms with E-state index in [2.05, 4.69) is 15.2 Å². The minimum atomic E-state index is 0.157. The molecule has 0 spiro atoms. The molecule has 1 aromatic carbocycles. The first-order valence-corrected chi connectivity index (χ1v) is 7.62. The quantitative estimate of drug-likeness (QED) is 0.861. The van der Waals surface area contributed by atoms with E-state index < -0.39 is 0 Å². The Bertz CT molecular complexity index is 653. The molecule has 5 nitrogen and oxygen atoms in total. The van der Waals surface area contributed by atoms with Gasteiger partial charge >= 0.3 is 0 Å². The minimum Gasteiger partial charge on any atom is -0.361 e. The number of nitrogens with one attached hydrogen (secondary N) is 2. The number of nitrogens with zero attached hydrogens (tertiary/aromatic N) is 2. The van der Waals surface area contributed by atoms with E-state index in [0.717, 1.165) is 55.7 Å². The first kappa shape index (κ1) is 12.9. The van der Waals surface area contributed by atoms with Gasteiger partial charge in [-0.25, -0.2) is 0 Å². The van der Waals surface area contributed by atoms with Crippen molar-refractivity contribution in [2.24, 2.45) is 0 Å². The van der Waals surface area contributed by atoms with Crippen LogP contribution in [0, 0.1) is 0 Å². The number of hydrogen-bond donors (Lipinski definition) is 2. The van der Waals surface area contributed by atoms with Crippen LogP contribution in [0.15, 0.2) is 30.5 Å². The molecule has 1 amide bonds. The molecule has 1 aromatic heterocycles. The summed E-state index contributed by atoms with van der Waals surface area (Å²) in [6.07, 6.45) is 1.91. The molecule has 3 heterocycles. The number of aromatic amines is 1. The first-order chi connectivity index (χ1) is 10.3. The van der Waals surface area contributed by atoms with E-state index in [1.165, 1.54) is 0 Å². The largest absolute Gasteiger partial charge is 0.361 e. The molecule has 21 heavy (non-hydrogen) atoms.